The van der Waals surface area contributed by atoms with E-state index in [1.54, 1.807) is 11.3 Å². The van der Waals surface area contributed by atoms with Crippen LogP contribution in [0.25, 0.3) is 115 Å². The first-order valence-corrected chi connectivity index (χ1v) is 26.3. The predicted octanol–water partition coefficient (Wildman–Crippen LogP) is 18.0. The number of nitrogens with zero attached hydrogens (tertiary/aromatic N) is 4. The molecule has 4 nitrogen and oxygen atoms in total. The lowest BCUT2D eigenvalue weighted by Gasteiger charge is -2.33. The van der Waals surface area contributed by atoms with E-state index in [1.807, 2.05) is 0 Å². The maximum atomic E-state index is 5.67. The number of fused-ring (bicyclic) bond motifs is 9. The molecule has 0 N–H and O–H groups in total. The Morgan fingerprint density at radius 2 is 0.787 bits per heavy atom. The van der Waals surface area contributed by atoms with Gasteiger partial charge in [-0.15, -0.1) is 11.3 Å². The Kier molecular flexibility index (Phi) is 9.94. The molecule has 3 aromatic heterocycles. The molecule has 0 spiro atoms. The molecule has 11 aromatic carbocycles. The lowest BCUT2D eigenvalue weighted by atomic mass is 9.67. The minimum atomic E-state index is -0.588. The Morgan fingerprint density at radius 3 is 1.44 bits per heavy atom. The van der Waals surface area contributed by atoms with Gasteiger partial charge in [0.05, 0.1) is 22.1 Å². The van der Waals surface area contributed by atoms with Crippen molar-refractivity contribution in [3.8, 4) is 73.2 Å². The normalized spacial score (nSPS) is 12.6. The largest absolute Gasteiger partial charge is 0.309 e. The summed E-state index contributed by atoms with van der Waals surface area (Å²) >= 11 is 1.79. The van der Waals surface area contributed by atoms with E-state index in [0.29, 0.717) is 17.5 Å². The molecule has 0 fully saturated rings. The summed E-state index contributed by atoms with van der Waals surface area (Å²) in [4.78, 5) is 16.9. The van der Waals surface area contributed by atoms with Crippen LogP contribution >= 0.6 is 11.3 Å². The third kappa shape index (κ3) is 6.72. The highest BCUT2D eigenvalue weighted by Crippen LogP contribution is 2.58. The number of hydrogen-bond acceptors (Lipinski definition) is 4. The van der Waals surface area contributed by atoms with Crippen molar-refractivity contribution >= 4 is 53.3 Å². The van der Waals surface area contributed by atoms with Crippen molar-refractivity contribution < 1.29 is 0 Å². The second-order valence-electron chi connectivity index (χ2n) is 19.4. The van der Waals surface area contributed by atoms with Gasteiger partial charge in [-0.1, -0.05) is 218 Å². The molecule has 0 unspecified atom stereocenters. The lowest BCUT2D eigenvalue weighted by molar-refractivity contribution is 0.768. The molecule has 5 heteroatoms. The van der Waals surface area contributed by atoms with Crippen molar-refractivity contribution in [3.63, 3.8) is 0 Å². The summed E-state index contributed by atoms with van der Waals surface area (Å²) < 4.78 is 4.79. The van der Waals surface area contributed by atoms with Gasteiger partial charge in [-0.3, -0.25) is 0 Å². The van der Waals surface area contributed by atoms with Gasteiger partial charge in [-0.2, -0.15) is 0 Å². The number of hydrogen-bond donors (Lipinski definition) is 0. The molecular formula is C70H44N4S. The summed E-state index contributed by atoms with van der Waals surface area (Å²) in [7, 11) is 0. The molecule has 0 atom stereocenters. The second kappa shape index (κ2) is 17.3. The van der Waals surface area contributed by atoms with Gasteiger partial charge in [0, 0.05) is 47.6 Å². The Balaban J connectivity index is 1.01. The maximum absolute atomic E-state index is 5.67. The highest BCUT2D eigenvalue weighted by molar-refractivity contribution is 7.26. The van der Waals surface area contributed by atoms with Gasteiger partial charge in [0.15, 0.2) is 17.5 Å². The zero-order valence-corrected chi connectivity index (χ0v) is 41.4. The van der Waals surface area contributed by atoms with E-state index in [0.717, 1.165) is 43.7 Å². The first kappa shape index (κ1) is 43.1. The Morgan fingerprint density at radius 1 is 0.320 bits per heavy atom. The van der Waals surface area contributed by atoms with Crippen LogP contribution in [0.1, 0.15) is 22.3 Å². The lowest BCUT2D eigenvalue weighted by Crippen LogP contribution is -2.28. The van der Waals surface area contributed by atoms with Crippen molar-refractivity contribution in [1.82, 2.24) is 19.5 Å². The molecule has 0 amide bonds. The van der Waals surface area contributed by atoms with Crippen LogP contribution in [0.3, 0.4) is 0 Å². The highest BCUT2D eigenvalue weighted by Gasteiger charge is 2.47. The van der Waals surface area contributed by atoms with E-state index in [4.69, 9.17) is 15.0 Å². The van der Waals surface area contributed by atoms with Crippen molar-refractivity contribution in [2.45, 2.75) is 5.41 Å². The maximum Gasteiger partial charge on any atom is 0.166 e. The second-order valence-corrected chi connectivity index (χ2v) is 20.4. The average Bonchev–Trinajstić information content (AvgIpc) is 4.16. The molecule has 0 aliphatic heterocycles. The number of aromatic nitrogens is 4. The van der Waals surface area contributed by atoms with Crippen LogP contribution in [0.4, 0.5) is 0 Å². The number of benzene rings is 11. The van der Waals surface area contributed by atoms with Gasteiger partial charge in [-0.05, 0) is 104 Å². The van der Waals surface area contributed by atoms with Crippen LogP contribution in [0.2, 0.25) is 0 Å². The van der Waals surface area contributed by atoms with Crippen LogP contribution in [-0.2, 0) is 5.41 Å². The molecule has 14 aromatic rings. The third-order valence-electron chi connectivity index (χ3n) is 15.4. The van der Waals surface area contributed by atoms with Gasteiger partial charge in [-0.25, -0.2) is 15.0 Å². The van der Waals surface area contributed by atoms with E-state index in [-0.39, 0.29) is 0 Å². The fraction of sp³-hybridized carbons (Fsp3) is 0.0143. The smallest absolute Gasteiger partial charge is 0.166 e. The predicted molar refractivity (Wildman–Crippen MR) is 312 cm³/mol. The molecule has 0 saturated heterocycles. The molecule has 15 rings (SSSR count). The zero-order chi connectivity index (χ0) is 49.5. The standard InChI is InChI=1S/C70H44N4S/c1-5-21-45(22-6-1)47-39-41-62-57(43-47)58-44-48(46-23-7-2-8-24-46)40-42-63(58)74(62)61-37-17-14-31-54(61)67-71-68(73-69(72-67)56-34-19-32-52-51-29-15-18-38-64(51)75-66(52)56)55-33-20-36-60-65(55)53-30-13-16-35-59(53)70(60,49-25-9-3-10-26-49)50-27-11-4-12-28-50/h1-44H. The molecule has 0 radical (unpaired) electrons. The van der Waals surface area contributed by atoms with E-state index in [2.05, 4.69) is 271 Å². The van der Waals surface area contributed by atoms with Crippen LogP contribution in [0, 0.1) is 0 Å². The highest BCUT2D eigenvalue weighted by atomic mass is 32.1. The van der Waals surface area contributed by atoms with Crippen molar-refractivity contribution in [3.05, 3.63) is 289 Å². The fourth-order valence-corrected chi connectivity index (χ4v) is 13.3. The summed E-state index contributed by atoms with van der Waals surface area (Å²) in [5.74, 6) is 1.85. The van der Waals surface area contributed by atoms with E-state index in [9.17, 15) is 0 Å². The first-order valence-electron chi connectivity index (χ1n) is 25.5. The number of rotatable bonds is 8. The molecule has 1 aliphatic rings. The quantitative estimate of drug-likeness (QED) is 0.152. The summed E-state index contributed by atoms with van der Waals surface area (Å²) in [6.07, 6.45) is 0. The molecule has 1 aliphatic carbocycles. The summed E-state index contributed by atoms with van der Waals surface area (Å²) in [5.41, 5.74) is 17.3. The number of thiophene rings is 1. The van der Waals surface area contributed by atoms with Gasteiger partial charge >= 0.3 is 0 Å². The van der Waals surface area contributed by atoms with E-state index < -0.39 is 5.41 Å². The Hall–Kier alpha value is -9.55. The Bertz CT molecular complexity index is 4390. The molecular weight excluding hydrogens is 929 g/mol. The fourth-order valence-electron chi connectivity index (χ4n) is 12.1. The minimum absolute atomic E-state index is 0.588. The molecule has 0 saturated carbocycles. The molecule has 75 heavy (non-hydrogen) atoms. The van der Waals surface area contributed by atoms with Crippen LogP contribution < -0.4 is 0 Å². The van der Waals surface area contributed by atoms with Gasteiger partial charge in [0.25, 0.3) is 0 Å². The van der Waals surface area contributed by atoms with Crippen LogP contribution in [-0.4, -0.2) is 19.5 Å². The summed E-state index contributed by atoms with van der Waals surface area (Å²) in [6.45, 7) is 0. The van der Waals surface area contributed by atoms with Gasteiger partial charge in [0.1, 0.15) is 0 Å². The van der Waals surface area contributed by atoms with Crippen molar-refractivity contribution in [2.24, 2.45) is 0 Å². The van der Waals surface area contributed by atoms with E-state index in [1.165, 1.54) is 76.3 Å². The molecule has 0 bridgehead atoms. The Labute approximate surface area is 438 Å². The topological polar surface area (TPSA) is 43.6 Å². The van der Waals surface area contributed by atoms with E-state index >= 15 is 0 Å². The van der Waals surface area contributed by atoms with Crippen molar-refractivity contribution in [2.75, 3.05) is 0 Å². The van der Waals surface area contributed by atoms with Crippen LogP contribution in [0.5, 0.6) is 0 Å². The number of para-hydroxylation sites is 1. The van der Waals surface area contributed by atoms with Crippen molar-refractivity contribution in [1.29, 1.82) is 0 Å². The molecule has 3 heterocycles. The summed E-state index contributed by atoms with van der Waals surface area (Å²) in [5, 5.41) is 4.77. The molecule has 350 valence electrons. The monoisotopic (exact) mass is 972 g/mol. The first-order chi connectivity index (χ1) is 37.2. The SMILES string of the molecule is c1ccc(-c2ccc3c(c2)c2cc(-c4ccccc4)ccc2n3-c2ccccc2-c2nc(-c3cccc4c3-c3ccccc3C4(c3ccccc3)c3ccccc3)nc(-c3cccc4c3sc3ccccc34)n2)cc1. The van der Waals surface area contributed by atoms with Gasteiger partial charge in [0.2, 0.25) is 0 Å². The third-order valence-corrected chi connectivity index (χ3v) is 16.6. The van der Waals surface area contributed by atoms with Crippen LogP contribution in [0.15, 0.2) is 267 Å². The zero-order valence-electron chi connectivity index (χ0n) is 40.6. The average molecular weight is 973 g/mol. The minimum Gasteiger partial charge on any atom is -0.309 e. The summed E-state index contributed by atoms with van der Waals surface area (Å²) in [6, 6.07) is 96.4. The van der Waals surface area contributed by atoms with Gasteiger partial charge < -0.3 is 4.57 Å².